The Morgan fingerprint density at radius 2 is 2.24 bits per heavy atom. The van der Waals surface area contributed by atoms with Gasteiger partial charge in [-0.25, -0.2) is 9.71 Å². The molecule has 88 valence electrons. The highest BCUT2D eigenvalue weighted by Crippen LogP contribution is 2.25. The number of hydrogen-bond donors (Lipinski definition) is 3. The molecular formula is C8H7N5O2S2. The third-order valence-corrected chi connectivity index (χ3v) is 3.77. The standard InChI is InChI=1S/C8H7N5O2S2/c9-6-5-8(13-17(14,15)12-6)11-7(10-5)4-1-2-16-3-4/h1-3,13H,(H2,9,12)(H,10,11). The summed E-state index contributed by atoms with van der Waals surface area (Å²) >= 11 is 1.52. The molecule has 0 spiro atoms. The Hall–Kier alpha value is -1.87. The molecule has 0 saturated heterocycles. The molecule has 0 atom stereocenters. The van der Waals surface area contributed by atoms with E-state index in [9.17, 15) is 8.42 Å². The Morgan fingerprint density at radius 3 is 2.94 bits per heavy atom. The predicted octanol–water partition coefficient (Wildman–Crippen LogP) is 0.514. The lowest BCUT2D eigenvalue weighted by atomic mass is 10.3. The second-order valence-electron chi connectivity index (χ2n) is 3.37. The molecule has 1 aliphatic heterocycles. The van der Waals surface area contributed by atoms with Crippen molar-refractivity contribution in [3.8, 4) is 11.4 Å². The van der Waals surface area contributed by atoms with Crippen LogP contribution in [0.2, 0.25) is 0 Å². The number of anilines is 1. The number of amidine groups is 1. The summed E-state index contributed by atoms with van der Waals surface area (Å²) in [4.78, 5) is 7.08. The molecule has 0 bridgehead atoms. The first-order valence-electron chi connectivity index (χ1n) is 4.56. The van der Waals surface area contributed by atoms with E-state index < -0.39 is 10.2 Å². The van der Waals surface area contributed by atoms with Crippen LogP contribution >= 0.6 is 11.3 Å². The zero-order chi connectivity index (χ0) is 12.0. The maximum atomic E-state index is 11.3. The molecule has 2 aromatic rings. The minimum Gasteiger partial charge on any atom is -0.381 e. The molecule has 0 fully saturated rings. The van der Waals surface area contributed by atoms with Crippen LogP contribution in [0.3, 0.4) is 0 Å². The van der Waals surface area contributed by atoms with Gasteiger partial charge >= 0.3 is 10.2 Å². The maximum Gasteiger partial charge on any atom is 0.345 e. The van der Waals surface area contributed by atoms with Gasteiger partial charge in [-0.05, 0) is 11.4 Å². The highest BCUT2D eigenvalue weighted by atomic mass is 32.2. The fourth-order valence-electron chi connectivity index (χ4n) is 1.49. The van der Waals surface area contributed by atoms with Crippen LogP contribution in [0.1, 0.15) is 5.69 Å². The predicted molar refractivity (Wildman–Crippen MR) is 65.2 cm³/mol. The van der Waals surface area contributed by atoms with Crippen molar-refractivity contribution >= 4 is 33.2 Å². The van der Waals surface area contributed by atoms with Crippen LogP contribution in [0.25, 0.3) is 11.4 Å². The van der Waals surface area contributed by atoms with Crippen molar-refractivity contribution in [3.05, 3.63) is 22.5 Å². The Bertz CT molecular complexity index is 698. The lowest BCUT2D eigenvalue weighted by Crippen LogP contribution is -2.26. The van der Waals surface area contributed by atoms with Crippen molar-refractivity contribution in [2.24, 2.45) is 10.1 Å². The third-order valence-electron chi connectivity index (χ3n) is 2.20. The SMILES string of the molecule is NC1=NS(=O)(=O)Nc2nc(-c3ccsc3)[nH]c21. The average molecular weight is 269 g/mol. The van der Waals surface area contributed by atoms with Crippen molar-refractivity contribution in [3.63, 3.8) is 0 Å². The number of hydrogen-bond acceptors (Lipinski definition) is 5. The molecule has 3 heterocycles. The summed E-state index contributed by atoms with van der Waals surface area (Å²) in [6.45, 7) is 0. The van der Waals surface area contributed by atoms with E-state index in [-0.39, 0.29) is 11.7 Å². The van der Waals surface area contributed by atoms with Crippen LogP contribution in [0.4, 0.5) is 5.82 Å². The fraction of sp³-hybridized carbons (Fsp3) is 0. The molecule has 17 heavy (non-hydrogen) atoms. The van der Waals surface area contributed by atoms with Gasteiger partial charge in [-0.1, -0.05) is 0 Å². The lowest BCUT2D eigenvalue weighted by molar-refractivity contribution is 0.602. The van der Waals surface area contributed by atoms with Gasteiger partial charge in [-0.15, -0.1) is 4.40 Å². The van der Waals surface area contributed by atoms with Crippen LogP contribution in [-0.2, 0) is 10.2 Å². The molecule has 0 aliphatic carbocycles. The molecule has 1 aliphatic rings. The summed E-state index contributed by atoms with van der Waals surface area (Å²) in [5, 5.41) is 3.80. The summed E-state index contributed by atoms with van der Waals surface area (Å²) in [6, 6.07) is 1.87. The maximum absolute atomic E-state index is 11.3. The molecule has 3 rings (SSSR count). The van der Waals surface area contributed by atoms with Gasteiger partial charge in [0, 0.05) is 10.9 Å². The van der Waals surface area contributed by atoms with E-state index in [4.69, 9.17) is 5.73 Å². The van der Waals surface area contributed by atoms with Crippen LogP contribution < -0.4 is 10.5 Å². The number of aromatic nitrogens is 2. The van der Waals surface area contributed by atoms with Crippen LogP contribution in [0.5, 0.6) is 0 Å². The number of fused-ring (bicyclic) bond motifs is 1. The van der Waals surface area contributed by atoms with E-state index in [0.717, 1.165) is 5.56 Å². The first-order chi connectivity index (χ1) is 8.05. The van der Waals surface area contributed by atoms with Crippen molar-refractivity contribution < 1.29 is 8.42 Å². The largest absolute Gasteiger partial charge is 0.381 e. The number of H-pyrrole nitrogens is 1. The summed E-state index contributed by atoms with van der Waals surface area (Å²) < 4.78 is 28.1. The molecule has 0 aromatic carbocycles. The Kier molecular flexibility index (Phi) is 2.00. The van der Waals surface area contributed by atoms with Crippen LogP contribution in [0.15, 0.2) is 21.2 Å². The zero-order valence-electron chi connectivity index (χ0n) is 8.34. The molecule has 9 heteroatoms. The van der Waals surface area contributed by atoms with E-state index >= 15 is 0 Å². The van der Waals surface area contributed by atoms with E-state index in [1.165, 1.54) is 11.3 Å². The number of thiophene rings is 1. The zero-order valence-corrected chi connectivity index (χ0v) is 9.97. The fourth-order valence-corrected chi connectivity index (χ4v) is 2.92. The van der Waals surface area contributed by atoms with Crippen molar-refractivity contribution in [1.29, 1.82) is 0 Å². The minimum absolute atomic E-state index is 0.0901. The Balaban J connectivity index is 2.15. The number of nitrogens with one attached hydrogen (secondary N) is 2. The molecule has 0 amide bonds. The molecule has 0 unspecified atom stereocenters. The number of rotatable bonds is 1. The monoisotopic (exact) mass is 269 g/mol. The van der Waals surface area contributed by atoms with Crippen molar-refractivity contribution in [2.45, 2.75) is 0 Å². The van der Waals surface area contributed by atoms with E-state index in [1.54, 1.807) is 0 Å². The summed E-state index contributed by atoms with van der Waals surface area (Å²) in [6.07, 6.45) is 0. The summed E-state index contributed by atoms with van der Waals surface area (Å²) in [5.74, 6) is 0.644. The molecular weight excluding hydrogens is 262 g/mol. The molecule has 2 aromatic heterocycles. The van der Waals surface area contributed by atoms with Gasteiger partial charge < -0.3 is 10.7 Å². The van der Waals surface area contributed by atoms with Gasteiger partial charge in [0.15, 0.2) is 11.7 Å². The topological polar surface area (TPSA) is 113 Å². The quantitative estimate of drug-likeness (QED) is 0.700. The number of aromatic amines is 1. The van der Waals surface area contributed by atoms with Crippen LogP contribution in [0, 0.1) is 0 Å². The summed E-state index contributed by atoms with van der Waals surface area (Å²) in [5.41, 5.74) is 6.81. The van der Waals surface area contributed by atoms with Crippen LogP contribution in [-0.4, -0.2) is 24.2 Å². The number of imidazole rings is 1. The smallest absolute Gasteiger partial charge is 0.345 e. The molecule has 7 nitrogen and oxygen atoms in total. The van der Waals surface area contributed by atoms with Gasteiger partial charge in [0.2, 0.25) is 0 Å². The van der Waals surface area contributed by atoms with E-state index in [2.05, 4.69) is 19.1 Å². The van der Waals surface area contributed by atoms with Gasteiger partial charge in [0.25, 0.3) is 0 Å². The first-order valence-corrected chi connectivity index (χ1v) is 6.94. The Labute approximate surface area is 101 Å². The highest BCUT2D eigenvalue weighted by molar-refractivity contribution is 7.91. The normalized spacial score (nSPS) is 17.1. The minimum atomic E-state index is -3.77. The van der Waals surface area contributed by atoms with Gasteiger partial charge in [0.1, 0.15) is 11.5 Å². The molecule has 4 N–H and O–H groups in total. The molecule has 0 radical (unpaired) electrons. The second-order valence-corrected chi connectivity index (χ2v) is 5.49. The highest BCUT2D eigenvalue weighted by Gasteiger charge is 2.25. The third kappa shape index (κ3) is 1.68. The van der Waals surface area contributed by atoms with E-state index in [0.29, 0.717) is 11.5 Å². The van der Waals surface area contributed by atoms with Crippen molar-refractivity contribution in [1.82, 2.24) is 9.97 Å². The lowest BCUT2D eigenvalue weighted by Gasteiger charge is -2.08. The van der Waals surface area contributed by atoms with Gasteiger partial charge in [-0.3, -0.25) is 0 Å². The van der Waals surface area contributed by atoms with E-state index in [1.807, 2.05) is 16.8 Å². The number of nitrogens with two attached hydrogens (primary N) is 1. The van der Waals surface area contributed by atoms with Gasteiger partial charge in [0.05, 0.1) is 0 Å². The first kappa shape index (κ1) is 10.3. The number of nitrogens with zero attached hydrogens (tertiary/aromatic N) is 2. The van der Waals surface area contributed by atoms with Gasteiger partial charge in [-0.2, -0.15) is 19.8 Å². The second kappa shape index (κ2) is 3.31. The van der Waals surface area contributed by atoms with Crippen molar-refractivity contribution in [2.75, 3.05) is 4.72 Å². The average Bonchev–Trinajstić information content (AvgIpc) is 2.81. The Morgan fingerprint density at radius 1 is 1.41 bits per heavy atom. The summed E-state index contributed by atoms with van der Waals surface area (Å²) in [7, 11) is -3.77. The molecule has 0 saturated carbocycles.